The lowest BCUT2D eigenvalue weighted by molar-refractivity contribution is 0.365. The van der Waals surface area contributed by atoms with Gasteiger partial charge in [-0.15, -0.1) is 0 Å². The van der Waals surface area contributed by atoms with Crippen LogP contribution in [0.15, 0.2) is 0 Å². The molecule has 5 nitrogen and oxygen atoms in total. The van der Waals surface area contributed by atoms with Gasteiger partial charge in [0, 0.05) is 19.0 Å². The predicted molar refractivity (Wildman–Crippen MR) is 53.2 cm³/mol. The molecule has 0 unspecified atom stereocenters. The maximum absolute atomic E-state index is 11.2. The second kappa shape index (κ2) is 4.57. The van der Waals surface area contributed by atoms with E-state index in [1.807, 2.05) is 0 Å². The van der Waals surface area contributed by atoms with Crippen molar-refractivity contribution in [3.8, 4) is 0 Å². The number of amidine groups is 1. The van der Waals surface area contributed by atoms with Gasteiger partial charge in [0.25, 0.3) is 0 Å². The molecule has 0 bridgehead atoms. The van der Waals surface area contributed by atoms with Gasteiger partial charge in [-0.05, 0) is 13.8 Å². The van der Waals surface area contributed by atoms with Gasteiger partial charge in [-0.2, -0.15) is 4.31 Å². The second-order valence-corrected chi connectivity index (χ2v) is 5.18. The van der Waals surface area contributed by atoms with Crippen molar-refractivity contribution in [3.63, 3.8) is 0 Å². The number of nitrogens with zero attached hydrogens (tertiary/aromatic N) is 1. The lowest BCUT2D eigenvalue weighted by Crippen LogP contribution is -2.38. The van der Waals surface area contributed by atoms with Crippen LogP contribution in [0.2, 0.25) is 0 Å². The molecule has 0 amide bonds. The average Bonchev–Trinajstić information content (AvgIpc) is 1.81. The van der Waals surface area contributed by atoms with Crippen molar-refractivity contribution in [2.45, 2.75) is 26.3 Å². The zero-order valence-electron chi connectivity index (χ0n) is 8.24. The molecular formula is C7H17N3O2S. The monoisotopic (exact) mass is 207 g/mol. The van der Waals surface area contributed by atoms with Crippen LogP contribution in [0, 0.1) is 5.41 Å². The summed E-state index contributed by atoms with van der Waals surface area (Å²) in [5.41, 5.74) is 5.15. The topological polar surface area (TPSA) is 87.2 Å². The summed E-state index contributed by atoms with van der Waals surface area (Å²) in [6.45, 7) is 3.87. The Morgan fingerprint density at radius 3 is 2.23 bits per heavy atom. The highest BCUT2D eigenvalue weighted by molar-refractivity contribution is 7.88. The maximum Gasteiger partial charge on any atom is 0.211 e. The minimum absolute atomic E-state index is 0.00861. The minimum atomic E-state index is -3.18. The van der Waals surface area contributed by atoms with Crippen molar-refractivity contribution in [3.05, 3.63) is 0 Å². The Bertz CT molecular complexity index is 271. The first-order valence-electron chi connectivity index (χ1n) is 4.05. The molecule has 13 heavy (non-hydrogen) atoms. The number of nitrogens with one attached hydrogen (secondary N) is 1. The van der Waals surface area contributed by atoms with E-state index in [2.05, 4.69) is 0 Å². The Labute approximate surface area is 79.5 Å². The quantitative estimate of drug-likeness (QED) is 0.490. The Morgan fingerprint density at radius 1 is 1.54 bits per heavy atom. The summed E-state index contributed by atoms with van der Waals surface area (Å²) in [5, 5.41) is 6.99. The Hall–Kier alpha value is -0.620. The van der Waals surface area contributed by atoms with Gasteiger partial charge in [-0.25, -0.2) is 8.42 Å². The molecule has 0 saturated heterocycles. The molecule has 0 heterocycles. The van der Waals surface area contributed by atoms with E-state index in [1.54, 1.807) is 13.8 Å². The molecule has 0 rings (SSSR count). The second-order valence-electron chi connectivity index (χ2n) is 3.24. The van der Waals surface area contributed by atoms with Crippen LogP contribution in [0.25, 0.3) is 0 Å². The molecule has 6 heteroatoms. The number of hydrogen-bond acceptors (Lipinski definition) is 3. The highest BCUT2D eigenvalue weighted by Crippen LogP contribution is 2.05. The summed E-state index contributed by atoms with van der Waals surface area (Å²) in [7, 11) is -3.18. The average molecular weight is 207 g/mol. The largest absolute Gasteiger partial charge is 0.388 e. The molecule has 0 aromatic rings. The Kier molecular flexibility index (Phi) is 4.35. The molecule has 78 valence electrons. The normalized spacial score (nSPS) is 12.4. The number of rotatable bonds is 5. The van der Waals surface area contributed by atoms with E-state index in [4.69, 9.17) is 11.1 Å². The van der Waals surface area contributed by atoms with Crippen LogP contribution in [-0.4, -0.2) is 37.4 Å². The maximum atomic E-state index is 11.2. The van der Waals surface area contributed by atoms with Crippen LogP contribution >= 0.6 is 0 Å². The van der Waals surface area contributed by atoms with Crippen LogP contribution in [0.3, 0.4) is 0 Å². The summed E-state index contributed by atoms with van der Waals surface area (Å²) in [4.78, 5) is 0. The van der Waals surface area contributed by atoms with E-state index in [0.717, 1.165) is 6.26 Å². The molecule has 0 aromatic carbocycles. The third-order valence-electron chi connectivity index (χ3n) is 1.60. The van der Waals surface area contributed by atoms with Crippen molar-refractivity contribution >= 4 is 15.9 Å². The standard InChI is InChI=1S/C7H17N3O2S/c1-6(2)10(13(3,11)12)5-4-7(8)9/h6H,4-5H2,1-3H3,(H3,8,9). The first-order chi connectivity index (χ1) is 5.75. The molecule has 0 fully saturated rings. The van der Waals surface area contributed by atoms with Crippen LogP contribution < -0.4 is 5.73 Å². The summed E-state index contributed by atoms with van der Waals surface area (Å²) in [6.07, 6.45) is 1.44. The van der Waals surface area contributed by atoms with Crippen molar-refractivity contribution in [2.24, 2.45) is 5.73 Å². The fraction of sp³-hybridized carbons (Fsp3) is 0.857. The highest BCUT2D eigenvalue weighted by atomic mass is 32.2. The van der Waals surface area contributed by atoms with Crippen LogP contribution in [0.4, 0.5) is 0 Å². The third kappa shape index (κ3) is 4.84. The SMILES string of the molecule is CC(C)N(CCC(=N)N)S(C)(=O)=O. The lowest BCUT2D eigenvalue weighted by atomic mass is 10.3. The Balaban J connectivity index is 4.38. The Morgan fingerprint density at radius 2 is 2.00 bits per heavy atom. The first kappa shape index (κ1) is 12.4. The van der Waals surface area contributed by atoms with Gasteiger partial charge in [0.1, 0.15) is 0 Å². The number of nitrogens with two attached hydrogens (primary N) is 1. The molecule has 0 aliphatic heterocycles. The number of hydrogen-bond donors (Lipinski definition) is 2. The van der Waals surface area contributed by atoms with E-state index in [-0.39, 0.29) is 24.8 Å². The molecule has 0 radical (unpaired) electrons. The van der Waals surface area contributed by atoms with Gasteiger partial charge in [0.2, 0.25) is 10.0 Å². The van der Waals surface area contributed by atoms with E-state index < -0.39 is 10.0 Å². The summed E-state index contributed by atoms with van der Waals surface area (Å²) in [6, 6.07) is -0.0886. The fourth-order valence-electron chi connectivity index (χ4n) is 1.04. The zero-order chi connectivity index (χ0) is 10.6. The van der Waals surface area contributed by atoms with Gasteiger partial charge in [0.05, 0.1) is 12.1 Å². The molecule has 0 aliphatic carbocycles. The molecule has 3 N–H and O–H groups in total. The van der Waals surface area contributed by atoms with E-state index in [9.17, 15) is 8.42 Å². The molecule has 0 saturated carbocycles. The number of sulfonamides is 1. The van der Waals surface area contributed by atoms with Gasteiger partial charge in [-0.3, -0.25) is 5.41 Å². The highest BCUT2D eigenvalue weighted by Gasteiger charge is 2.19. The van der Waals surface area contributed by atoms with Crippen molar-refractivity contribution in [2.75, 3.05) is 12.8 Å². The smallest absolute Gasteiger partial charge is 0.211 e. The lowest BCUT2D eigenvalue weighted by Gasteiger charge is -2.23. The molecule has 0 aliphatic rings. The summed E-state index contributed by atoms with van der Waals surface area (Å²) < 4.78 is 23.7. The van der Waals surface area contributed by atoms with Crippen LogP contribution in [0.1, 0.15) is 20.3 Å². The molecule has 0 atom stereocenters. The van der Waals surface area contributed by atoms with Gasteiger partial charge < -0.3 is 5.73 Å². The van der Waals surface area contributed by atoms with E-state index in [1.165, 1.54) is 4.31 Å². The predicted octanol–water partition coefficient (Wildman–Crippen LogP) is -0.0175. The molecule has 0 spiro atoms. The fourth-order valence-corrected chi connectivity index (χ4v) is 2.23. The van der Waals surface area contributed by atoms with E-state index >= 15 is 0 Å². The molecule has 0 aromatic heterocycles. The van der Waals surface area contributed by atoms with Crippen molar-refractivity contribution < 1.29 is 8.42 Å². The van der Waals surface area contributed by atoms with Crippen LogP contribution in [0.5, 0.6) is 0 Å². The van der Waals surface area contributed by atoms with Crippen molar-refractivity contribution in [1.29, 1.82) is 5.41 Å². The first-order valence-corrected chi connectivity index (χ1v) is 5.89. The van der Waals surface area contributed by atoms with E-state index in [0.29, 0.717) is 0 Å². The minimum Gasteiger partial charge on any atom is -0.388 e. The summed E-state index contributed by atoms with van der Waals surface area (Å²) >= 11 is 0. The van der Waals surface area contributed by atoms with Gasteiger partial charge in [-0.1, -0.05) is 0 Å². The van der Waals surface area contributed by atoms with Gasteiger partial charge in [0.15, 0.2) is 0 Å². The summed E-state index contributed by atoms with van der Waals surface area (Å²) in [5.74, 6) is 0.00861. The zero-order valence-corrected chi connectivity index (χ0v) is 9.06. The molecular weight excluding hydrogens is 190 g/mol. The van der Waals surface area contributed by atoms with Crippen LogP contribution in [-0.2, 0) is 10.0 Å². The third-order valence-corrected chi connectivity index (χ3v) is 3.06. The van der Waals surface area contributed by atoms with Crippen molar-refractivity contribution in [1.82, 2.24) is 4.31 Å². The van der Waals surface area contributed by atoms with Gasteiger partial charge >= 0.3 is 0 Å².